The SMILES string of the molecule is Cc1ccccc1Oc1ccc(N2C(=S)N[C@@H](c3ccccn3)[C@@H]2c2cc(C)n(-c3ccc(N(C)C)cc3)c2C)cc1. The lowest BCUT2D eigenvalue weighted by atomic mass is 9.96. The first kappa shape index (κ1) is 27.5. The van der Waals surface area contributed by atoms with Crippen molar-refractivity contribution in [3.8, 4) is 17.2 Å². The average molecular weight is 574 g/mol. The fourth-order valence-corrected chi connectivity index (χ4v) is 6.15. The summed E-state index contributed by atoms with van der Waals surface area (Å²) in [6.07, 6.45) is 1.84. The van der Waals surface area contributed by atoms with Gasteiger partial charge in [-0.25, -0.2) is 0 Å². The summed E-state index contributed by atoms with van der Waals surface area (Å²) in [6, 6.07) is 33.0. The van der Waals surface area contributed by atoms with E-state index in [1.54, 1.807) is 0 Å². The van der Waals surface area contributed by atoms with Crippen LogP contribution in [0.2, 0.25) is 0 Å². The van der Waals surface area contributed by atoms with Crippen LogP contribution in [-0.4, -0.2) is 28.8 Å². The van der Waals surface area contributed by atoms with Crippen molar-refractivity contribution in [3.63, 3.8) is 0 Å². The third-order valence-electron chi connectivity index (χ3n) is 7.95. The average Bonchev–Trinajstić information content (AvgIpc) is 3.49. The number of hydrogen-bond donors (Lipinski definition) is 1. The number of benzene rings is 3. The maximum absolute atomic E-state index is 6.18. The van der Waals surface area contributed by atoms with Gasteiger partial charge in [0.2, 0.25) is 0 Å². The van der Waals surface area contributed by atoms with Crippen LogP contribution in [0, 0.1) is 20.8 Å². The summed E-state index contributed by atoms with van der Waals surface area (Å²) >= 11 is 5.99. The monoisotopic (exact) mass is 573 g/mol. The smallest absolute Gasteiger partial charge is 0.174 e. The molecule has 6 nitrogen and oxygen atoms in total. The highest BCUT2D eigenvalue weighted by atomic mass is 32.1. The first-order chi connectivity index (χ1) is 20.3. The van der Waals surface area contributed by atoms with E-state index in [1.807, 2.05) is 61.7 Å². The molecule has 2 atom stereocenters. The van der Waals surface area contributed by atoms with Crippen LogP contribution >= 0.6 is 12.2 Å². The van der Waals surface area contributed by atoms with Gasteiger partial charge in [-0.2, -0.15) is 0 Å². The van der Waals surface area contributed by atoms with Crippen molar-refractivity contribution in [2.45, 2.75) is 32.9 Å². The first-order valence-corrected chi connectivity index (χ1v) is 14.5. The minimum atomic E-state index is -0.119. The number of hydrogen-bond acceptors (Lipinski definition) is 4. The summed E-state index contributed by atoms with van der Waals surface area (Å²) in [4.78, 5) is 9.06. The molecule has 1 aliphatic heterocycles. The van der Waals surface area contributed by atoms with Gasteiger partial charge < -0.3 is 24.4 Å². The second-order valence-corrected chi connectivity index (χ2v) is 11.3. The molecule has 6 rings (SSSR count). The Hall–Kier alpha value is -4.62. The number of aromatic nitrogens is 2. The summed E-state index contributed by atoms with van der Waals surface area (Å²) in [5, 5.41) is 4.26. The maximum Gasteiger partial charge on any atom is 0.174 e. The first-order valence-electron chi connectivity index (χ1n) is 14.1. The second kappa shape index (κ2) is 11.3. The summed E-state index contributed by atoms with van der Waals surface area (Å²) in [7, 11) is 4.12. The van der Waals surface area contributed by atoms with Crippen LogP contribution in [0.25, 0.3) is 5.69 Å². The number of pyridine rings is 1. The van der Waals surface area contributed by atoms with Gasteiger partial charge >= 0.3 is 0 Å². The Kier molecular flexibility index (Phi) is 7.43. The molecule has 0 spiro atoms. The Morgan fingerprint density at radius 3 is 2.19 bits per heavy atom. The zero-order valence-electron chi connectivity index (χ0n) is 24.6. The Bertz CT molecular complexity index is 1710. The number of aryl methyl sites for hydroxylation is 2. The Labute approximate surface area is 253 Å². The number of para-hydroxylation sites is 1. The van der Waals surface area contributed by atoms with Crippen molar-refractivity contribution in [2.75, 3.05) is 23.9 Å². The lowest BCUT2D eigenvalue weighted by Crippen LogP contribution is -2.29. The minimum absolute atomic E-state index is 0.100. The Balaban J connectivity index is 1.40. The molecule has 7 heteroatoms. The maximum atomic E-state index is 6.18. The molecule has 1 saturated heterocycles. The second-order valence-electron chi connectivity index (χ2n) is 10.9. The molecule has 0 aliphatic carbocycles. The summed E-state index contributed by atoms with van der Waals surface area (Å²) < 4.78 is 8.50. The van der Waals surface area contributed by atoms with Gasteiger partial charge in [-0.05, 0) is 117 Å². The van der Waals surface area contributed by atoms with E-state index in [1.165, 1.54) is 22.6 Å². The highest BCUT2D eigenvalue weighted by molar-refractivity contribution is 7.80. The zero-order chi connectivity index (χ0) is 29.4. The summed E-state index contributed by atoms with van der Waals surface area (Å²) in [5.41, 5.74) is 8.88. The number of rotatable bonds is 7. The zero-order valence-corrected chi connectivity index (χ0v) is 25.4. The molecule has 0 amide bonds. The van der Waals surface area contributed by atoms with Gasteiger partial charge in [-0.1, -0.05) is 24.3 Å². The number of nitrogens with one attached hydrogen (secondary N) is 1. The van der Waals surface area contributed by atoms with Crippen molar-refractivity contribution in [3.05, 3.63) is 131 Å². The predicted octanol–water partition coefficient (Wildman–Crippen LogP) is 7.83. The largest absolute Gasteiger partial charge is 0.457 e. The van der Waals surface area contributed by atoms with Gasteiger partial charge in [0.15, 0.2) is 5.11 Å². The van der Waals surface area contributed by atoms with Gasteiger partial charge in [0.05, 0.1) is 17.8 Å². The standard InChI is InChI=1S/C35H35N5OS/c1-23-10-6-7-12-32(23)41-29-19-17-28(18-20-29)40-34(33(37-35(40)42)31-11-8-9-21-36-31)30-22-24(2)39(25(30)3)27-15-13-26(14-16-27)38(4)5/h6-22,33-34H,1-5H3,(H,37,42)/t33-,34-/m0/s1. The minimum Gasteiger partial charge on any atom is -0.457 e. The number of thiocarbonyl (C=S) groups is 1. The van der Waals surface area contributed by atoms with E-state index in [4.69, 9.17) is 21.9 Å². The number of ether oxygens (including phenoxy) is 1. The van der Waals surface area contributed by atoms with Crippen molar-refractivity contribution in [1.82, 2.24) is 14.9 Å². The third-order valence-corrected chi connectivity index (χ3v) is 8.26. The van der Waals surface area contributed by atoms with Crippen LogP contribution < -0.4 is 19.9 Å². The molecule has 1 N–H and O–H groups in total. The number of nitrogens with zero attached hydrogens (tertiary/aromatic N) is 4. The molecule has 2 aromatic heterocycles. The highest BCUT2D eigenvalue weighted by Gasteiger charge is 2.42. The Morgan fingerprint density at radius 1 is 0.833 bits per heavy atom. The van der Waals surface area contributed by atoms with Crippen LogP contribution in [0.15, 0.2) is 103 Å². The van der Waals surface area contributed by atoms with E-state index >= 15 is 0 Å². The van der Waals surface area contributed by atoms with Gasteiger partial charge in [-0.15, -0.1) is 0 Å². The van der Waals surface area contributed by atoms with Crippen LogP contribution in [0.1, 0.15) is 40.3 Å². The van der Waals surface area contributed by atoms with E-state index in [9.17, 15) is 0 Å². The fourth-order valence-electron chi connectivity index (χ4n) is 5.81. The van der Waals surface area contributed by atoms with Crippen LogP contribution in [0.5, 0.6) is 11.5 Å². The molecule has 0 saturated carbocycles. The summed E-state index contributed by atoms with van der Waals surface area (Å²) in [5.74, 6) is 1.63. The molecule has 0 radical (unpaired) electrons. The normalized spacial score (nSPS) is 16.4. The van der Waals surface area contributed by atoms with Gasteiger partial charge in [0, 0.05) is 48.7 Å². The third kappa shape index (κ3) is 5.12. The van der Waals surface area contributed by atoms with Gasteiger partial charge in [0.1, 0.15) is 11.5 Å². The molecule has 212 valence electrons. The van der Waals surface area contributed by atoms with Crippen molar-refractivity contribution < 1.29 is 4.74 Å². The van der Waals surface area contributed by atoms with Crippen molar-refractivity contribution >= 4 is 28.7 Å². The van der Waals surface area contributed by atoms with E-state index in [2.05, 4.69) is 96.2 Å². The van der Waals surface area contributed by atoms with Crippen LogP contribution in [0.4, 0.5) is 11.4 Å². The molecule has 0 unspecified atom stereocenters. The molecule has 3 heterocycles. The quantitative estimate of drug-likeness (QED) is 0.200. The van der Waals surface area contributed by atoms with Crippen LogP contribution in [-0.2, 0) is 0 Å². The van der Waals surface area contributed by atoms with Crippen molar-refractivity contribution in [1.29, 1.82) is 0 Å². The predicted molar refractivity (Wildman–Crippen MR) is 175 cm³/mol. The topological polar surface area (TPSA) is 45.6 Å². The lowest BCUT2D eigenvalue weighted by Gasteiger charge is -2.28. The fraction of sp³-hybridized carbons (Fsp3) is 0.200. The molecular formula is C35H35N5OS. The highest BCUT2D eigenvalue weighted by Crippen LogP contribution is 2.44. The molecule has 42 heavy (non-hydrogen) atoms. The molecule has 3 aromatic carbocycles. The van der Waals surface area contributed by atoms with E-state index < -0.39 is 0 Å². The molecule has 1 aliphatic rings. The molecule has 0 bridgehead atoms. The number of anilines is 2. The van der Waals surface area contributed by atoms with E-state index in [0.29, 0.717) is 5.11 Å². The summed E-state index contributed by atoms with van der Waals surface area (Å²) in [6.45, 7) is 6.40. The van der Waals surface area contributed by atoms with Crippen LogP contribution in [0.3, 0.4) is 0 Å². The Morgan fingerprint density at radius 2 is 1.52 bits per heavy atom. The van der Waals surface area contributed by atoms with Gasteiger partial charge in [0.25, 0.3) is 0 Å². The van der Waals surface area contributed by atoms with E-state index in [0.717, 1.165) is 34.1 Å². The molecular weight excluding hydrogens is 538 g/mol. The van der Waals surface area contributed by atoms with Crippen molar-refractivity contribution in [2.24, 2.45) is 0 Å². The van der Waals surface area contributed by atoms with Gasteiger partial charge in [-0.3, -0.25) is 4.98 Å². The van der Waals surface area contributed by atoms with E-state index in [-0.39, 0.29) is 12.1 Å². The molecule has 1 fully saturated rings. The lowest BCUT2D eigenvalue weighted by molar-refractivity contribution is 0.479. The molecule has 5 aromatic rings.